The van der Waals surface area contributed by atoms with Gasteiger partial charge in [0.05, 0.1) is 0 Å². The number of aromatic nitrogens is 2. The van der Waals surface area contributed by atoms with Gasteiger partial charge in [-0.1, -0.05) is 30.7 Å². The van der Waals surface area contributed by atoms with Gasteiger partial charge in [-0.05, 0) is 74.1 Å². The van der Waals surface area contributed by atoms with Gasteiger partial charge in [0.2, 0.25) is 0 Å². The SMILES string of the molecule is CCc1nccn1-c1cc(C(=O)NC(C)(C)C2CC2)cc(-c2ccc(Cl)cc2)c1. The maximum atomic E-state index is 13.1. The molecule has 1 amide bonds. The number of hydrogen-bond acceptors (Lipinski definition) is 2. The third-order valence-electron chi connectivity index (χ3n) is 5.70. The van der Waals surface area contributed by atoms with Crippen molar-refractivity contribution in [1.82, 2.24) is 14.9 Å². The number of hydrogen-bond donors (Lipinski definition) is 1. The fourth-order valence-electron chi connectivity index (χ4n) is 3.79. The zero-order valence-corrected chi connectivity index (χ0v) is 17.8. The molecule has 2 aromatic carbocycles. The number of rotatable bonds is 6. The second-order valence-electron chi connectivity index (χ2n) is 8.29. The van der Waals surface area contributed by atoms with Crippen LogP contribution in [0.15, 0.2) is 54.9 Å². The first-order valence-electron chi connectivity index (χ1n) is 10.1. The molecular weight excluding hydrogens is 382 g/mol. The highest BCUT2D eigenvalue weighted by Gasteiger charge is 2.38. The van der Waals surface area contributed by atoms with Gasteiger partial charge in [-0.15, -0.1) is 0 Å². The van der Waals surface area contributed by atoms with Gasteiger partial charge >= 0.3 is 0 Å². The molecule has 29 heavy (non-hydrogen) atoms. The Hall–Kier alpha value is -2.59. The molecule has 150 valence electrons. The highest BCUT2D eigenvalue weighted by Crippen LogP contribution is 2.39. The summed E-state index contributed by atoms with van der Waals surface area (Å²) in [5.74, 6) is 1.48. The Morgan fingerprint density at radius 3 is 2.55 bits per heavy atom. The Kier molecular flexibility index (Phi) is 5.22. The van der Waals surface area contributed by atoms with Crippen LogP contribution in [0.1, 0.15) is 49.8 Å². The van der Waals surface area contributed by atoms with Gasteiger partial charge in [0.25, 0.3) is 5.91 Å². The number of benzene rings is 2. The van der Waals surface area contributed by atoms with Crippen LogP contribution in [-0.4, -0.2) is 21.0 Å². The van der Waals surface area contributed by atoms with E-state index in [9.17, 15) is 4.79 Å². The number of nitrogens with zero attached hydrogens (tertiary/aromatic N) is 2. The van der Waals surface area contributed by atoms with Crippen molar-refractivity contribution in [3.05, 3.63) is 71.3 Å². The minimum atomic E-state index is -0.197. The molecule has 5 heteroatoms. The standard InChI is InChI=1S/C24H26ClN3O/c1-4-22-26-11-12-28(22)21-14-17(16-5-9-20(25)10-6-16)13-18(15-21)23(29)27-24(2,3)19-7-8-19/h5-6,9-15,19H,4,7-8H2,1-3H3,(H,27,29). The molecule has 0 bridgehead atoms. The lowest BCUT2D eigenvalue weighted by atomic mass is 9.97. The molecule has 1 heterocycles. The minimum Gasteiger partial charge on any atom is -0.347 e. The second-order valence-corrected chi connectivity index (χ2v) is 8.73. The average molecular weight is 408 g/mol. The maximum Gasteiger partial charge on any atom is 0.251 e. The fraction of sp³-hybridized carbons (Fsp3) is 0.333. The van der Waals surface area contributed by atoms with E-state index >= 15 is 0 Å². The molecule has 1 aromatic heterocycles. The molecule has 1 fully saturated rings. The highest BCUT2D eigenvalue weighted by atomic mass is 35.5. The minimum absolute atomic E-state index is 0.0443. The van der Waals surface area contributed by atoms with Gasteiger partial charge in [0.1, 0.15) is 5.82 Å². The van der Waals surface area contributed by atoms with Crippen LogP contribution >= 0.6 is 11.6 Å². The summed E-state index contributed by atoms with van der Waals surface area (Å²) in [7, 11) is 0. The van der Waals surface area contributed by atoms with Crippen LogP contribution < -0.4 is 5.32 Å². The first kappa shape index (κ1) is 19.7. The second kappa shape index (κ2) is 7.68. The number of carbonyl (C=O) groups is 1. The molecule has 0 unspecified atom stereocenters. The molecule has 0 radical (unpaired) electrons. The third kappa shape index (κ3) is 4.23. The van der Waals surface area contributed by atoms with Crippen LogP contribution in [0.3, 0.4) is 0 Å². The Morgan fingerprint density at radius 1 is 1.17 bits per heavy atom. The largest absolute Gasteiger partial charge is 0.347 e. The smallest absolute Gasteiger partial charge is 0.251 e. The molecule has 4 rings (SSSR count). The van der Waals surface area contributed by atoms with Crippen molar-refractivity contribution in [3.8, 4) is 16.8 Å². The van der Waals surface area contributed by atoms with Crippen molar-refractivity contribution in [3.63, 3.8) is 0 Å². The fourth-order valence-corrected chi connectivity index (χ4v) is 3.92. The summed E-state index contributed by atoms with van der Waals surface area (Å²) in [5.41, 5.74) is 3.38. The van der Waals surface area contributed by atoms with Crippen molar-refractivity contribution >= 4 is 17.5 Å². The normalized spacial score (nSPS) is 14.1. The molecule has 1 aliphatic carbocycles. The number of halogens is 1. The summed E-state index contributed by atoms with van der Waals surface area (Å²) in [6, 6.07) is 13.7. The molecule has 0 aliphatic heterocycles. The summed E-state index contributed by atoms with van der Waals surface area (Å²) in [6.07, 6.45) is 6.91. The van der Waals surface area contributed by atoms with Gasteiger partial charge in [-0.2, -0.15) is 0 Å². The Morgan fingerprint density at radius 2 is 1.90 bits per heavy atom. The van der Waals surface area contributed by atoms with Gasteiger partial charge in [-0.25, -0.2) is 4.98 Å². The highest BCUT2D eigenvalue weighted by molar-refractivity contribution is 6.30. The van der Waals surface area contributed by atoms with Crippen molar-refractivity contribution < 1.29 is 4.79 Å². The number of imidazole rings is 1. The van der Waals surface area contributed by atoms with E-state index in [2.05, 4.69) is 37.1 Å². The number of aryl methyl sites for hydroxylation is 1. The van der Waals surface area contributed by atoms with Gasteiger partial charge in [-0.3, -0.25) is 4.79 Å². The van der Waals surface area contributed by atoms with Crippen LogP contribution in [0.2, 0.25) is 5.02 Å². The quantitative estimate of drug-likeness (QED) is 0.571. The molecule has 0 atom stereocenters. The first-order chi connectivity index (χ1) is 13.9. The average Bonchev–Trinajstić information content (AvgIpc) is 3.46. The maximum absolute atomic E-state index is 13.1. The Balaban J connectivity index is 1.77. The molecule has 1 saturated carbocycles. The molecule has 1 N–H and O–H groups in total. The number of nitrogens with one attached hydrogen (secondary N) is 1. The zero-order valence-electron chi connectivity index (χ0n) is 17.1. The van der Waals surface area contributed by atoms with Gasteiger partial charge in [0, 0.05) is 40.6 Å². The van der Waals surface area contributed by atoms with Crippen LogP contribution in [-0.2, 0) is 6.42 Å². The number of amides is 1. The predicted octanol–water partition coefficient (Wildman–Crippen LogP) is 5.67. The third-order valence-corrected chi connectivity index (χ3v) is 5.95. The summed E-state index contributed by atoms with van der Waals surface area (Å²) < 4.78 is 2.04. The lowest BCUT2D eigenvalue weighted by Gasteiger charge is -2.26. The van der Waals surface area contributed by atoms with E-state index in [1.165, 1.54) is 12.8 Å². The van der Waals surface area contributed by atoms with E-state index in [1.54, 1.807) is 6.20 Å². The van der Waals surface area contributed by atoms with E-state index in [1.807, 2.05) is 47.2 Å². The van der Waals surface area contributed by atoms with E-state index in [0.717, 1.165) is 29.1 Å². The van der Waals surface area contributed by atoms with Crippen molar-refractivity contribution in [2.75, 3.05) is 0 Å². The lowest BCUT2D eigenvalue weighted by Crippen LogP contribution is -2.45. The van der Waals surface area contributed by atoms with E-state index in [4.69, 9.17) is 11.6 Å². The van der Waals surface area contributed by atoms with Gasteiger partial charge < -0.3 is 9.88 Å². The van der Waals surface area contributed by atoms with Crippen LogP contribution in [0, 0.1) is 5.92 Å². The monoisotopic (exact) mass is 407 g/mol. The molecule has 4 nitrogen and oxygen atoms in total. The lowest BCUT2D eigenvalue weighted by molar-refractivity contribution is 0.0903. The summed E-state index contributed by atoms with van der Waals surface area (Å²) in [6.45, 7) is 6.29. The van der Waals surface area contributed by atoms with Crippen LogP contribution in [0.4, 0.5) is 0 Å². The summed E-state index contributed by atoms with van der Waals surface area (Å²) in [4.78, 5) is 17.6. The molecule has 0 saturated heterocycles. The molecular formula is C24H26ClN3O. The van der Waals surface area contributed by atoms with Crippen molar-refractivity contribution in [2.24, 2.45) is 5.92 Å². The predicted molar refractivity (Wildman–Crippen MR) is 118 cm³/mol. The van der Waals surface area contributed by atoms with Gasteiger partial charge in [0.15, 0.2) is 0 Å². The molecule has 3 aromatic rings. The first-order valence-corrected chi connectivity index (χ1v) is 10.5. The summed E-state index contributed by atoms with van der Waals surface area (Å²) in [5, 5.41) is 3.93. The van der Waals surface area contributed by atoms with Crippen LogP contribution in [0.5, 0.6) is 0 Å². The molecule has 1 aliphatic rings. The summed E-state index contributed by atoms with van der Waals surface area (Å²) >= 11 is 6.06. The van der Waals surface area contributed by atoms with Crippen molar-refractivity contribution in [2.45, 2.75) is 45.6 Å². The zero-order chi connectivity index (χ0) is 20.6. The molecule has 0 spiro atoms. The van der Waals surface area contributed by atoms with E-state index < -0.39 is 0 Å². The number of carbonyl (C=O) groups excluding carboxylic acids is 1. The van der Waals surface area contributed by atoms with E-state index in [0.29, 0.717) is 16.5 Å². The van der Waals surface area contributed by atoms with Crippen LogP contribution in [0.25, 0.3) is 16.8 Å². The van der Waals surface area contributed by atoms with E-state index in [-0.39, 0.29) is 11.4 Å². The topological polar surface area (TPSA) is 46.9 Å². The van der Waals surface area contributed by atoms with Crippen molar-refractivity contribution in [1.29, 1.82) is 0 Å². The Labute approximate surface area is 176 Å². The Bertz CT molecular complexity index is 1030.